The number of nitrogens with zero attached hydrogens (tertiary/aromatic N) is 2. The third-order valence-corrected chi connectivity index (χ3v) is 3.17. The van der Waals surface area contributed by atoms with Gasteiger partial charge in [-0.2, -0.15) is 0 Å². The Hall–Kier alpha value is -2.08. The number of methoxy groups -OCH3 is 1. The summed E-state index contributed by atoms with van der Waals surface area (Å²) in [5.41, 5.74) is 6.66. The molecule has 92 valence electrons. The van der Waals surface area contributed by atoms with Crippen molar-refractivity contribution in [3.8, 4) is 0 Å². The highest BCUT2D eigenvalue weighted by Gasteiger charge is 2.09. The first kappa shape index (κ1) is 12.4. The molecule has 2 aromatic heterocycles. The molecule has 18 heavy (non-hydrogen) atoms. The molecule has 2 N–H and O–H groups in total. The summed E-state index contributed by atoms with van der Waals surface area (Å²) in [4.78, 5) is 20.3. The molecule has 0 saturated heterocycles. The fourth-order valence-electron chi connectivity index (χ4n) is 1.29. The lowest BCUT2D eigenvalue weighted by molar-refractivity contribution is 0.0593. The van der Waals surface area contributed by atoms with Crippen LogP contribution < -0.4 is 5.73 Å². The van der Waals surface area contributed by atoms with Gasteiger partial charge in [0, 0.05) is 17.3 Å². The van der Waals surface area contributed by atoms with E-state index in [9.17, 15) is 4.79 Å². The van der Waals surface area contributed by atoms with Crippen LogP contribution in [0.2, 0.25) is 0 Å². The minimum Gasteiger partial charge on any atom is -0.464 e. The average molecular weight is 261 g/mol. The topological polar surface area (TPSA) is 78.1 Å². The van der Waals surface area contributed by atoms with Crippen LogP contribution in [0.5, 0.6) is 0 Å². The quantitative estimate of drug-likeness (QED) is 0.851. The fraction of sp³-hybridized carbons (Fsp3) is 0.0833. The van der Waals surface area contributed by atoms with Crippen molar-refractivity contribution in [3.63, 3.8) is 0 Å². The number of pyridine rings is 2. The van der Waals surface area contributed by atoms with Crippen LogP contribution in [0.4, 0.5) is 5.69 Å². The molecule has 0 fully saturated rings. The van der Waals surface area contributed by atoms with Crippen LogP contribution in [0.15, 0.2) is 46.6 Å². The lowest BCUT2D eigenvalue weighted by atomic mass is 10.3. The lowest BCUT2D eigenvalue weighted by Crippen LogP contribution is -2.03. The standard InChI is InChI=1S/C12H11N3O2S/c1-17-12(16)10-7-8(4-6-14-10)18-11-9(13)3-2-5-15-11/h2-7H,13H2,1H3. The first-order valence-electron chi connectivity index (χ1n) is 5.13. The van der Waals surface area contributed by atoms with Gasteiger partial charge < -0.3 is 10.5 Å². The van der Waals surface area contributed by atoms with E-state index < -0.39 is 5.97 Å². The van der Waals surface area contributed by atoms with Crippen molar-refractivity contribution in [2.24, 2.45) is 0 Å². The fourth-order valence-corrected chi connectivity index (χ4v) is 2.11. The van der Waals surface area contributed by atoms with Crippen LogP contribution in [0, 0.1) is 0 Å². The van der Waals surface area contributed by atoms with Crippen LogP contribution in [0.25, 0.3) is 0 Å². The molecule has 0 amide bonds. The maximum atomic E-state index is 11.4. The Bertz CT molecular complexity index is 575. The van der Waals surface area contributed by atoms with E-state index in [0.29, 0.717) is 10.7 Å². The monoisotopic (exact) mass is 261 g/mol. The summed E-state index contributed by atoms with van der Waals surface area (Å²) in [5, 5.41) is 0.694. The molecular formula is C12H11N3O2S. The second-order valence-corrected chi connectivity index (χ2v) is 4.43. The number of rotatable bonds is 3. The number of ether oxygens (including phenoxy) is 1. The SMILES string of the molecule is COC(=O)c1cc(Sc2ncccc2N)ccn1. The van der Waals surface area contributed by atoms with Gasteiger partial charge in [-0.3, -0.25) is 0 Å². The predicted molar refractivity (Wildman–Crippen MR) is 68.3 cm³/mol. The number of carbonyl (C=O) groups excluding carboxylic acids is 1. The van der Waals surface area contributed by atoms with E-state index in [1.54, 1.807) is 36.7 Å². The molecule has 0 saturated carbocycles. The Morgan fingerprint density at radius 2 is 2.17 bits per heavy atom. The third kappa shape index (κ3) is 2.78. The smallest absolute Gasteiger partial charge is 0.356 e. The Labute approximate surface area is 108 Å². The van der Waals surface area contributed by atoms with Gasteiger partial charge in [0.15, 0.2) is 0 Å². The summed E-state index contributed by atoms with van der Waals surface area (Å²) in [6, 6.07) is 6.97. The molecule has 0 atom stereocenters. The van der Waals surface area contributed by atoms with Crippen molar-refractivity contribution in [3.05, 3.63) is 42.4 Å². The number of carbonyl (C=O) groups is 1. The summed E-state index contributed by atoms with van der Waals surface area (Å²) >= 11 is 1.37. The van der Waals surface area contributed by atoms with Crippen molar-refractivity contribution >= 4 is 23.4 Å². The lowest BCUT2D eigenvalue weighted by Gasteiger charge is -2.04. The molecule has 0 unspecified atom stereocenters. The number of nitrogens with two attached hydrogens (primary N) is 1. The van der Waals surface area contributed by atoms with E-state index in [1.165, 1.54) is 18.9 Å². The summed E-state index contributed by atoms with van der Waals surface area (Å²) in [7, 11) is 1.32. The van der Waals surface area contributed by atoms with Gasteiger partial charge in [0.2, 0.25) is 0 Å². The molecular weight excluding hydrogens is 250 g/mol. The van der Waals surface area contributed by atoms with Gasteiger partial charge in [-0.15, -0.1) is 0 Å². The van der Waals surface area contributed by atoms with Gasteiger partial charge >= 0.3 is 5.97 Å². The minimum atomic E-state index is -0.466. The van der Waals surface area contributed by atoms with Gasteiger partial charge in [-0.25, -0.2) is 14.8 Å². The van der Waals surface area contributed by atoms with Gasteiger partial charge in [0.25, 0.3) is 0 Å². The number of aromatic nitrogens is 2. The van der Waals surface area contributed by atoms with Crippen LogP contribution in [0.3, 0.4) is 0 Å². The maximum Gasteiger partial charge on any atom is 0.356 e. The Balaban J connectivity index is 2.25. The molecule has 0 aliphatic heterocycles. The molecule has 0 aliphatic carbocycles. The highest BCUT2D eigenvalue weighted by molar-refractivity contribution is 7.99. The number of anilines is 1. The minimum absolute atomic E-state index is 0.261. The molecule has 6 heteroatoms. The Kier molecular flexibility index (Phi) is 3.78. The van der Waals surface area contributed by atoms with E-state index in [2.05, 4.69) is 14.7 Å². The van der Waals surface area contributed by atoms with Gasteiger partial charge in [-0.1, -0.05) is 11.8 Å². The number of esters is 1. The second kappa shape index (κ2) is 5.50. The number of hydrogen-bond acceptors (Lipinski definition) is 6. The summed E-state index contributed by atoms with van der Waals surface area (Å²) in [6.07, 6.45) is 3.22. The van der Waals surface area contributed by atoms with Gasteiger partial charge in [0.05, 0.1) is 12.8 Å². The number of hydrogen-bond donors (Lipinski definition) is 1. The summed E-state index contributed by atoms with van der Waals surface area (Å²) in [5.74, 6) is -0.466. The zero-order valence-electron chi connectivity index (χ0n) is 9.66. The first-order valence-corrected chi connectivity index (χ1v) is 5.95. The van der Waals surface area contributed by atoms with Gasteiger partial charge in [-0.05, 0) is 24.3 Å². The molecule has 0 aromatic carbocycles. The number of nitrogen functional groups attached to an aromatic ring is 1. The third-order valence-electron chi connectivity index (χ3n) is 2.14. The second-order valence-electron chi connectivity index (χ2n) is 3.37. The van der Waals surface area contributed by atoms with Crippen molar-refractivity contribution < 1.29 is 9.53 Å². The van der Waals surface area contributed by atoms with E-state index in [1.807, 2.05) is 0 Å². The van der Waals surface area contributed by atoms with Crippen LogP contribution in [0.1, 0.15) is 10.5 Å². The molecule has 5 nitrogen and oxygen atoms in total. The molecule has 2 aromatic rings. The molecule has 0 spiro atoms. The molecule has 0 bridgehead atoms. The summed E-state index contributed by atoms with van der Waals surface area (Å²) < 4.78 is 4.61. The molecule has 2 heterocycles. The molecule has 0 aliphatic rings. The zero-order valence-corrected chi connectivity index (χ0v) is 10.5. The van der Waals surface area contributed by atoms with Crippen LogP contribution in [-0.4, -0.2) is 23.0 Å². The van der Waals surface area contributed by atoms with E-state index in [-0.39, 0.29) is 5.69 Å². The average Bonchev–Trinajstić information content (AvgIpc) is 2.41. The van der Waals surface area contributed by atoms with E-state index in [0.717, 1.165) is 4.90 Å². The predicted octanol–water partition coefficient (Wildman–Crippen LogP) is 2.00. The van der Waals surface area contributed by atoms with Crippen molar-refractivity contribution in [1.29, 1.82) is 0 Å². The highest BCUT2D eigenvalue weighted by Crippen LogP contribution is 2.29. The largest absolute Gasteiger partial charge is 0.464 e. The van der Waals surface area contributed by atoms with Crippen molar-refractivity contribution in [2.75, 3.05) is 12.8 Å². The van der Waals surface area contributed by atoms with Crippen LogP contribution >= 0.6 is 11.8 Å². The highest BCUT2D eigenvalue weighted by atomic mass is 32.2. The maximum absolute atomic E-state index is 11.4. The van der Waals surface area contributed by atoms with Crippen LogP contribution in [-0.2, 0) is 4.74 Å². The van der Waals surface area contributed by atoms with E-state index in [4.69, 9.17) is 5.73 Å². The van der Waals surface area contributed by atoms with Crippen molar-refractivity contribution in [1.82, 2.24) is 9.97 Å². The summed E-state index contributed by atoms with van der Waals surface area (Å²) in [6.45, 7) is 0. The first-order chi connectivity index (χ1) is 8.70. The van der Waals surface area contributed by atoms with Crippen molar-refractivity contribution in [2.45, 2.75) is 9.92 Å². The zero-order chi connectivity index (χ0) is 13.0. The molecule has 2 rings (SSSR count). The normalized spacial score (nSPS) is 10.1. The van der Waals surface area contributed by atoms with E-state index >= 15 is 0 Å². The molecule has 0 radical (unpaired) electrons. The Morgan fingerprint density at radius 1 is 1.33 bits per heavy atom. The Morgan fingerprint density at radius 3 is 2.89 bits per heavy atom. The van der Waals surface area contributed by atoms with Gasteiger partial charge in [0.1, 0.15) is 10.7 Å².